The smallest absolute Gasteiger partial charge is 0.120 e. The molecular formula is C32H42N2O3S. The van der Waals surface area contributed by atoms with Crippen molar-refractivity contribution in [3.05, 3.63) is 82.9 Å². The van der Waals surface area contributed by atoms with E-state index in [0.29, 0.717) is 18.3 Å². The van der Waals surface area contributed by atoms with Crippen molar-refractivity contribution in [3.8, 4) is 17.2 Å². The maximum Gasteiger partial charge on any atom is 0.120 e. The van der Waals surface area contributed by atoms with Gasteiger partial charge in [0.2, 0.25) is 0 Å². The number of rotatable bonds is 13. The monoisotopic (exact) mass is 534 g/mol. The van der Waals surface area contributed by atoms with E-state index in [-0.39, 0.29) is 6.04 Å². The van der Waals surface area contributed by atoms with E-state index in [1.807, 2.05) is 23.9 Å². The molecular weight excluding hydrogens is 492 g/mol. The number of hydrogen-bond acceptors (Lipinski definition) is 6. The summed E-state index contributed by atoms with van der Waals surface area (Å²) in [7, 11) is 1.73. The highest BCUT2D eigenvalue weighted by Gasteiger charge is 2.26. The van der Waals surface area contributed by atoms with Gasteiger partial charge in [0.1, 0.15) is 23.9 Å². The van der Waals surface area contributed by atoms with Crippen LogP contribution in [0.3, 0.4) is 0 Å². The summed E-state index contributed by atoms with van der Waals surface area (Å²) in [6, 6.07) is 21.1. The fourth-order valence-electron chi connectivity index (χ4n) is 5.47. The first-order chi connectivity index (χ1) is 18.5. The maximum absolute atomic E-state index is 9.91. The lowest BCUT2D eigenvalue weighted by atomic mass is 9.79. The van der Waals surface area contributed by atoms with Gasteiger partial charge in [-0.2, -0.15) is 11.8 Å². The number of nitrogens with one attached hydrogen (secondary N) is 1. The van der Waals surface area contributed by atoms with Crippen LogP contribution in [0.2, 0.25) is 0 Å². The van der Waals surface area contributed by atoms with Crippen molar-refractivity contribution >= 4 is 17.4 Å². The van der Waals surface area contributed by atoms with Crippen LogP contribution in [0.25, 0.3) is 0 Å². The number of anilines is 1. The van der Waals surface area contributed by atoms with Gasteiger partial charge in [0.25, 0.3) is 0 Å². The molecule has 38 heavy (non-hydrogen) atoms. The molecule has 0 saturated heterocycles. The van der Waals surface area contributed by atoms with E-state index in [2.05, 4.69) is 78.9 Å². The summed E-state index contributed by atoms with van der Waals surface area (Å²) in [5.74, 6) is 3.69. The van der Waals surface area contributed by atoms with E-state index in [9.17, 15) is 5.11 Å². The molecule has 0 aliphatic heterocycles. The molecule has 1 aliphatic rings. The van der Waals surface area contributed by atoms with Gasteiger partial charge in [0.05, 0.1) is 13.2 Å². The number of phenols is 1. The third-order valence-electron chi connectivity index (χ3n) is 7.61. The van der Waals surface area contributed by atoms with Crippen molar-refractivity contribution in [1.29, 1.82) is 0 Å². The number of hydrogen-bond donors (Lipinski definition) is 2. The molecule has 0 aromatic heterocycles. The van der Waals surface area contributed by atoms with Crippen LogP contribution < -0.4 is 19.7 Å². The number of ether oxygens (including phenoxy) is 2. The van der Waals surface area contributed by atoms with Gasteiger partial charge in [-0.25, -0.2) is 0 Å². The number of aromatic hydroxyl groups is 1. The number of benzene rings is 3. The van der Waals surface area contributed by atoms with Crippen LogP contribution in [0.15, 0.2) is 60.7 Å². The SMILES string of the molecule is CCN(c1cc(OC)ccc1C1CCc2cc(O)ccc2C1)C(C)c1ccc(OCCNCCSC)cc1. The maximum atomic E-state index is 9.91. The van der Waals surface area contributed by atoms with Crippen LogP contribution in [0.4, 0.5) is 5.69 Å². The van der Waals surface area contributed by atoms with Crippen LogP contribution in [0, 0.1) is 0 Å². The quantitative estimate of drug-likeness (QED) is 0.241. The summed E-state index contributed by atoms with van der Waals surface area (Å²) in [4.78, 5) is 2.48. The molecule has 3 aromatic rings. The van der Waals surface area contributed by atoms with Gasteiger partial charge in [-0.3, -0.25) is 0 Å². The van der Waals surface area contributed by atoms with Crippen molar-refractivity contribution in [2.24, 2.45) is 0 Å². The Balaban J connectivity index is 1.50. The highest BCUT2D eigenvalue weighted by molar-refractivity contribution is 7.98. The molecule has 2 unspecified atom stereocenters. The summed E-state index contributed by atoms with van der Waals surface area (Å²) in [5.41, 5.74) is 6.48. The molecule has 6 heteroatoms. The van der Waals surface area contributed by atoms with Crippen LogP contribution in [-0.4, -0.2) is 50.5 Å². The van der Waals surface area contributed by atoms with E-state index >= 15 is 0 Å². The molecule has 0 radical (unpaired) electrons. The number of aryl methyl sites for hydroxylation is 1. The van der Waals surface area contributed by atoms with Crippen molar-refractivity contribution in [2.45, 2.75) is 45.1 Å². The Labute approximate surface area is 232 Å². The second-order valence-corrected chi connectivity index (χ2v) is 10.9. The lowest BCUT2D eigenvalue weighted by molar-refractivity contribution is 0.315. The second-order valence-electron chi connectivity index (χ2n) is 9.94. The molecule has 2 N–H and O–H groups in total. The van der Waals surface area contributed by atoms with E-state index in [1.165, 1.54) is 27.9 Å². The Morgan fingerprint density at radius 1 is 1.03 bits per heavy atom. The van der Waals surface area contributed by atoms with E-state index in [0.717, 1.165) is 56.1 Å². The molecule has 5 nitrogen and oxygen atoms in total. The summed E-state index contributed by atoms with van der Waals surface area (Å²) >= 11 is 1.85. The number of methoxy groups -OCH3 is 1. The zero-order valence-electron chi connectivity index (χ0n) is 23.2. The molecule has 4 rings (SSSR count). The van der Waals surface area contributed by atoms with Crippen molar-refractivity contribution in [3.63, 3.8) is 0 Å². The minimum absolute atomic E-state index is 0.195. The van der Waals surface area contributed by atoms with E-state index < -0.39 is 0 Å². The van der Waals surface area contributed by atoms with Crippen molar-refractivity contribution < 1.29 is 14.6 Å². The second kappa shape index (κ2) is 13.8. The molecule has 0 fully saturated rings. The van der Waals surface area contributed by atoms with Crippen LogP contribution in [-0.2, 0) is 12.8 Å². The summed E-state index contributed by atoms with van der Waals surface area (Å²) in [5, 5.41) is 13.3. The molecule has 0 bridgehead atoms. The highest BCUT2D eigenvalue weighted by atomic mass is 32.2. The predicted molar refractivity (Wildman–Crippen MR) is 160 cm³/mol. The molecule has 0 heterocycles. The molecule has 2 atom stereocenters. The van der Waals surface area contributed by atoms with Gasteiger partial charge in [-0.05, 0) is 97.9 Å². The van der Waals surface area contributed by atoms with Gasteiger partial charge in [-0.15, -0.1) is 0 Å². The van der Waals surface area contributed by atoms with Gasteiger partial charge >= 0.3 is 0 Å². The number of phenolic OH excluding ortho intramolecular Hbond substituents is 1. The predicted octanol–water partition coefficient (Wildman–Crippen LogP) is 6.59. The molecule has 204 valence electrons. The zero-order valence-corrected chi connectivity index (χ0v) is 24.0. The molecule has 3 aromatic carbocycles. The zero-order chi connectivity index (χ0) is 26.9. The number of fused-ring (bicyclic) bond motifs is 1. The minimum Gasteiger partial charge on any atom is -0.508 e. The Bertz CT molecular complexity index is 1170. The molecule has 1 aliphatic carbocycles. The molecule has 0 saturated carbocycles. The van der Waals surface area contributed by atoms with Crippen LogP contribution in [0.5, 0.6) is 17.2 Å². The average Bonchev–Trinajstić information content (AvgIpc) is 2.95. The lowest BCUT2D eigenvalue weighted by Gasteiger charge is -2.35. The Hall–Kier alpha value is -2.83. The van der Waals surface area contributed by atoms with Gasteiger partial charge in [0.15, 0.2) is 0 Å². The van der Waals surface area contributed by atoms with Crippen LogP contribution >= 0.6 is 11.8 Å². The first-order valence-electron chi connectivity index (χ1n) is 13.7. The standard InChI is InChI=1S/C32H42N2O3S/c1-5-34(23(2)24-9-12-29(13-10-24)37-18-16-33-17-19-38-4)32-22-30(36-3)14-15-31(32)27-7-6-26-21-28(35)11-8-25(26)20-27/h8-15,21-23,27,33,35H,5-7,16-20H2,1-4H3. The van der Waals surface area contributed by atoms with Gasteiger partial charge in [0, 0.05) is 37.1 Å². The normalized spacial score (nSPS) is 15.5. The number of nitrogens with zero attached hydrogens (tertiary/aromatic N) is 1. The molecule has 0 amide bonds. The fourth-order valence-corrected chi connectivity index (χ4v) is 5.82. The van der Waals surface area contributed by atoms with Crippen LogP contribution in [0.1, 0.15) is 54.5 Å². The largest absolute Gasteiger partial charge is 0.508 e. The van der Waals surface area contributed by atoms with E-state index in [1.54, 1.807) is 7.11 Å². The molecule has 0 spiro atoms. The Morgan fingerprint density at radius 3 is 2.55 bits per heavy atom. The highest BCUT2D eigenvalue weighted by Crippen LogP contribution is 2.41. The Morgan fingerprint density at radius 2 is 1.82 bits per heavy atom. The third-order valence-corrected chi connectivity index (χ3v) is 8.22. The summed E-state index contributed by atoms with van der Waals surface area (Å²) in [6.07, 6.45) is 5.16. The van der Waals surface area contributed by atoms with Crippen molar-refractivity contribution in [1.82, 2.24) is 5.32 Å². The Kier molecular flexibility index (Phi) is 10.2. The first-order valence-corrected chi connectivity index (χ1v) is 15.1. The van der Waals surface area contributed by atoms with Crippen molar-refractivity contribution in [2.75, 3.05) is 50.3 Å². The average molecular weight is 535 g/mol. The van der Waals surface area contributed by atoms with Gasteiger partial charge < -0.3 is 24.8 Å². The third kappa shape index (κ3) is 6.97. The summed E-state index contributed by atoms with van der Waals surface area (Å²) in [6.45, 7) is 7.92. The topological polar surface area (TPSA) is 54.0 Å². The fraction of sp³-hybridized carbons (Fsp3) is 0.438. The minimum atomic E-state index is 0.195. The first kappa shape index (κ1) is 28.2. The van der Waals surface area contributed by atoms with E-state index in [4.69, 9.17) is 9.47 Å². The number of thioether (sulfide) groups is 1. The lowest BCUT2D eigenvalue weighted by Crippen LogP contribution is -2.28. The summed E-state index contributed by atoms with van der Waals surface area (Å²) < 4.78 is 11.6. The van der Waals surface area contributed by atoms with Gasteiger partial charge in [-0.1, -0.05) is 24.3 Å².